The van der Waals surface area contributed by atoms with Crippen LogP contribution in [-0.2, 0) is 10.0 Å². The van der Waals surface area contributed by atoms with Crippen molar-refractivity contribution in [1.82, 2.24) is 9.88 Å². The molecule has 0 unspecified atom stereocenters. The SMILES string of the molecule is COc1ccc(S(=O)(=O)NC2CC2)cc1NC(=O)c1c(-c2c(Cl)cccc2Cl)noc1C. The van der Waals surface area contributed by atoms with Crippen LogP contribution in [0, 0.1) is 6.92 Å². The van der Waals surface area contributed by atoms with Gasteiger partial charge < -0.3 is 14.6 Å². The molecular weight excluding hydrogens is 477 g/mol. The summed E-state index contributed by atoms with van der Waals surface area (Å²) in [6.45, 7) is 1.58. The van der Waals surface area contributed by atoms with E-state index in [0.717, 1.165) is 12.8 Å². The number of ether oxygens (including phenoxy) is 1. The van der Waals surface area contributed by atoms with Crippen LogP contribution < -0.4 is 14.8 Å². The molecule has 1 amide bonds. The van der Waals surface area contributed by atoms with E-state index in [1.807, 2.05) is 0 Å². The fourth-order valence-electron chi connectivity index (χ4n) is 3.16. The maximum absolute atomic E-state index is 13.2. The minimum absolute atomic E-state index is 0.0110. The Kier molecular flexibility index (Phi) is 6.17. The third-order valence-corrected chi connectivity index (χ3v) is 7.07. The van der Waals surface area contributed by atoms with Gasteiger partial charge in [-0.05, 0) is 50.1 Å². The zero-order valence-corrected chi connectivity index (χ0v) is 19.4. The van der Waals surface area contributed by atoms with E-state index in [0.29, 0.717) is 15.6 Å². The second kappa shape index (κ2) is 8.74. The van der Waals surface area contributed by atoms with Crippen LogP contribution in [0.3, 0.4) is 0 Å². The molecule has 1 aliphatic carbocycles. The smallest absolute Gasteiger partial charge is 0.261 e. The number of halogens is 2. The van der Waals surface area contributed by atoms with Gasteiger partial charge >= 0.3 is 0 Å². The Balaban J connectivity index is 1.71. The number of carbonyl (C=O) groups is 1. The van der Waals surface area contributed by atoms with Crippen LogP contribution in [0.4, 0.5) is 5.69 Å². The number of anilines is 1. The van der Waals surface area contributed by atoms with Crippen LogP contribution in [-0.4, -0.2) is 32.6 Å². The average molecular weight is 496 g/mol. The number of carbonyl (C=O) groups excluding carboxylic acids is 1. The van der Waals surface area contributed by atoms with Gasteiger partial charge in [-0.1, -0.05) is 34.4 Å². The molecule has 1 aromatic heterocycles. The third-order valence-electron chi connectivity index (χ3n) is 4.92. The van der Waals surface area contributed by atoms with Crippen molar-refractivity contribution in [2.45, 2.75) is 30.7 Å². The number of hydrogen-bond donors (Lipinski definition) is 2. The van der Waals surface area contributed by atoms with Gasteiger partial charge in [0.25, 0.3) is 5.91 Å². The van der Waals surface area contributed by atoms with E-state index >= 15 is 0 Å². The molecule has 0 saturated heterocycles. The van der Waals surface area contributed by atoms with Crippen LogP contribution in [0.2, 0.25) is 10.0 Å². The lowest BCUT2D eigenvalue weighted by Crippen LogP contribution is -2.26. The maximum atomic E-state index is 13.2. The highest BCUT2D eigenvalue weighted by atomic mass is 35.5. The number of rotatable bonds is 7. The number of amides is 1. The predicted octanol–water partition coefficient (Wildman–Crippen LogP) is 4.66. The van der Waals surface area contributed by atoms with Crippen molar-refractivity contribution in [2.75, 3.05) is 12.4 Å². The van der Waals surface area contributed by atoms with Gasteiger partial charge in [-0.15, -0.1) is 0 Å². The standard InChI is InChI=1S/C21H19Cl2N3O5S/c1-11-18(20(25-31-11)19-14(22)4-3-5-15(19)23)21(27)24-16-10-13(8-9-17(16)30-2)32(28,29)26-12-6-7-12/h3-5,8-10,12,26H,6-7H2,1-2H3,(H,24,27). The molecular formula is C21H19Cl2N3O5S. The van der Waals surface area contributed by atoms with Crippen LogP contribution in [0.1, 0.15) is 29.0 Å². The molecule has 1 aliphatic rings. The lowest BCUT2D eigenvalue weighted by Gasteiger charge is -2.13. The Hall–Kier alpha value is -2.59. The molecule has 0 radical (unpaired) electrons. The van der Waals surface area contributed by atoms with E-state index in [2.05, 4.69) is 15.2 Å². The van der Waals surface area contributed by atoms with E-state index in [9.17, 15) is 13.2 Å². The van der Waals surface area contributed by atoms with Gasteiger partial charge in [-0.3, -0.25) is 4.79 Å². The molecule has 0 spiro atoms. The number of benzene rings is 2. The maximum Gasteiger partial charge on any atom is 0.261 e. The Morgan fingerprint density at radius 2 is 1.88 bits per heavy atom. The first-order valence-electron chi connectivity index (χ1n) is 9.63. The molecule has 11 heteroatoms. The highest BCUT2D eigenvalue weighted by molar-refractivity contribution is 7.89. The summed E-state index contributed by atoms with van der Waals surface area (Å²) in [5, 5.41) is 7.27. The lowest BCUT2D eigenvalue weighted by atomic mass is 10.1. The molecule has 168 valence electrons. The summed E-state index contributed by atoms with van der Waals surface area (Å²) < 4.78 is 38.3. The number of nitrogens with one attached hydrogen (secondary N) is 2. The number of hydrogen-bond acceptors (Lipinski definition) is 6. The number of sulfonamides is 1. The molecule has 2 aromatic carbocycles. The molecule has 2 N–H and O–H groups in total. The van der Waals surface area contributed by atoms with Gasteiger partial charge in [-0.25, -0.2) is 13.1 Å². The van der Waals surface area contributed by atoms with Crippen LogP contribution in [0.5, 0.6) is 5.75 Å². The Morgan fingerprint density at radius 3 is 2.50 bits per heavy atom. The summed E-state index contributed by atoms with van der Waals surface area (Å²) in [6, 6.07) is 9.10. The van der Waals surface area contributed by atoms with Crippen molar-refractivity contribution in [3.8, 4) is 17.0 Å². The van der Waals surface area contributed by atoms with Crippen molar-refractivity contribution in [1.29, 1.82) is 0 Å². The van der Waals surface area contributed by atoms with Crippen LogP contribution in [0.15, 0.2) is 45.8 Å². The van der Waals surface area contributed by atoms with Crippen molar-refractivity contribution >= 4 is 44.8 Å². The molecule has 1 saturated carbocycles. The molecule has 8 nitrogen and oxygen atoms in total. The molecule has 3 aromatic rings. The van der Waals surface area contributed by atoms with Gasteiger partial charge in [0, 0.05) is 11.6 Å². The van der Waals surface area contributed by atoms with Crippen LogP contribution in [0.25, 0.3) is 11.3 Å². The van der Waals surface area contributed by atoms with E-state index < -0.39 is 15.9 Å². The molecule has 32 heavy (non-hydrogen) atoms. The average Bonchev–Trinajstić information content (AvgIpc) is 3.46. The van der Waals surface area contributed by atoms with Gasteiger partial charge in [0.2, 0.25) is 10.0 Å². The second-order valence-corrected chi connectivity index (χ2v) is 9.80. The van der Waals surface area contributed by atoms with Gasteiger partial charge in [0.05, 0.1) is 27.7 Å². The first-order valence-corrected chi connectivity index (χ1v) is 11.9. The topological polar surface area (TPSA) is 111 Å². The second-order valence-electron chi connectivity index (χ2n) is 7.27. The molecule has 0 atom stereocenters. The number of nitrogens with zero attached hydrogens (tertiary/aromatic N) is 1. The summed E-state index contributed by atoms with van der Waals surface area (Å²) in [4.78, 5) is 13.2. The largest absolute Gasteiger partial charge is 0.495 e. The van der Waals surface area contributed by atoms with Crippen molar-refractivity contribution < 1.29 is 22.5 Å². The van der Waals surface area contributed by atoms with Crippen LogP contribution >= 0.6 is 23.2 Å². The van der Waals surface area contributed by atoms with E-state index in [-0.39, 0.29) is 39.4 Å². The highest BCUT2D eigenvalue weighted by Gasteiger charge is 2.29. The number of aryl methyl sites for hydroxylation is 1. The van der Waals surface area contributed by atoms with Crippen molar-refractivity contribution in [2.24, 2.45) is 0 Å². The van der Waals surface area contributed by atoms with Gasteiger partial charge in [-0.2, -0.15) is 0 Å². The summed E-state index contributed by atoms with van der Waals surface area (Å²) in [7, 11) is -2.31. The quantitative estimate of drug-likeness (QED) is 0.493. The summed E-state index contributed by atoms with van der Waals surface area (Å²) in [5.74, 6) is -0.0560. The summed E-state index contributed by atoms with van der Waals surface area (Å²) in [5.41, 5.74) is 0.822. The normalized spacial score (nSPS) is 13.8. The summed E-state index contributed by atoms with van der Waals surface area (Å²) >= 11 is 12.6. The lowest BCUT2D eigenvalue weighted by molar-refractivity contribution is 0.102. The van der Waals surface area contributed by atoms with Crippen molar-refractivity contribution in [3.05, 3.63) is 57.8 Å². The molecule has 1 fully saturated rings. The predicted molar refractivity (Wildman–Crippen MR) is 121 cm³/mol. The summed E-state index contributed by atoms with van der Waals surface area (Å²) in [6.07, 6.45) is 1.61. The fourth-order valence-corrected chi connectivity index (χ4v) is 5.07. The van der Waals surface area contributed by atoms with E-state index in [1.165, 1.54) is 25.3 Å². The zero-order valence-electron chi connectivity index (χ0n) is 17.1. The molecule has 4 rings (SSSR count). The van der Waals surface area contributed by atoms with Crippen molar-refractivity contribution in [3.63, 3.8) is 0 Å². The minimum Gasteiger partial charge on any atom is -0.495 e. The van der Waals surface area contributed by atoms with Gasteiger partial charge in [0.1, 0.15) is 22.8 Å². The number of aromatic nitrogens is 1. The first-order chi connectivity index (χ1) is 15.2. The Labute approximate surface area is 194 Å². The molecule has 1 heterocycles. The Bertz CT molecular complexity index is 1280. The number of methoxy groups -OCH3 is 1. The highest BCUT2D eigenvalue weighted by Crippen LogP contribution is 2.37. The minimum atomic E-state index is -3.73. The molecule has 0 aliphatic heterocycles. The fraction of sp³-hybridized carbons (Fsp3) is 0.238. The van der Waals surface area contributed by atoms with Gasteiger partial charge in [0.15, 0.2) is 0 Å². The third kappa shape index (κ3) is 4.47. The van der Waals surface area contributed by atoms with E-state index in [4.69, 9.17) is 32.5 Å². The first kappa shape index (κ1) is 22.6. The van der Waals surface area contributed by atoms with E-state index in [1.54, 1.807) is 25.1 Å². The Morgan fingerprint density at radius 1 is 1.19 bits per heavy atom. The monoisotopic (exact) mass is 495 g/mol. The zero-order chi connectivity index (χ0) is 23.0. The molecule has 0 bridgehead atoms.